The number of aryl methyl sites for hydroxylation is 2. The van der Waals surface area contributed by atoms with Crippen LogP contribution in [-0.4, -0.2) is 26.4 Å². The van der Waals surface area contributed by atoms with Crippen molar-refractivity contribution in [3.8, 4) is 5.75 Å². The Morgan fingerprint density at radius 1 is 1.13 bits per heavy atom. The van der Waals surface area contributed by atoms with Gasteiger partial charge in [0.1, 0.15) is 5.75 Å². The lowest BCUT2D eigenvalue weighted by atomic mass is 10.1. The largest absolute Gasteiger partial charge is 0.483 e. The molecule has 3 aromatic rings. The van der Waals surface area contributed by atoms with Crippen molar-refractivity contribution in [1.82, 2.24) is 20.1 Å². The van der Waals surface area contributed by atoms with E-state index >= 15 is 0 Å². The van der Waals surface area contributed by atoms with Crippen LogP contribution in [0.3, 0.4) is 0 Å². The van der Waals surface area contributed by atoms with Crippen molar-refractivity contribution >= 4 is 17.7 Å². The van der Waals surface area contributed by atoms with E-state index in [1.807, 2.05) is 60.9 Å². The third-order valence-electron chi connectivity index (χ3n) is 4.60. The van der Waals surface area contributed by atoms with E-state index in [0.29, 0.717) is 13.1 Å². The van der Waals surface area contributed by atoms with Crippen LogP contribution in [-0.2, 0) is 17.9 Å². The molecule has 0 bridgehead atoms. The molecule has 0 aliphatic rings. The quantitative estimate of drug-likeness (QED) is 0.514. The summed E-state index contributed by atoms with van der Waals surface area (Å²) in [5, 5.41) is 12.3. The molecular weight excluding hydrogens is 396 g/mol. The number of benzene rings is 2. The second-order valence-electron chi connectivity index (χ2n) is 7.22. The minimum atomic E-state index is -0.250. The lowest BCUT2D eigenvalue weighted by molar-refractivity contribution is -0.118. The fourth-order valence-electron chi connectivity index (χ4n) is 3.24. The number of aromatic nitrogens is 3. The number of hydrogen-bond donors (Lipinski definition) is 1. The highest BCUT2D eigenvalue weighted by molar-refractivity contribution is 7.99. The number of carbonyl (C=O) groups is 1. The highest BCUT2D eigenvalue weighted by Gasteiger charge is 2.19. The fraction of sp³-hybridized carbons (Fsp3) is 0.348. The molecule has 0 radical (unpaired) electrons. The SMILES string of the molecule is CCn1c(SCC(=O)NCc2ccccc2)nnc1C(C)Oc1cc(C)cc(C)c1. The molecule has 2 aromatic carbocycles. The van der Waals surface area contributed by atoms with E-state index in [1.54, 1.807) is 0 Å². The Kier molecular flexibility index (Phi) is 7.52. The molecule has 7 heteroatoms. The number of nitrogens with zero attached hydrogens (tertiary/aromatic N) is 3. The van der Waals surface area contributed by atoms with Gasteiger partial charge in [0.15, 0.2) is 17.1 Å². The molecule has 158 valence electrons. The van der Waals surface area contributed by atoms with Crippen LogP contribution in [0.25, 0.3) is 0 Å². The number of thioether (sulfide) groups is 1. The first kappa shape index (κ1) is 21.9. The molecular formula is C23H28N4O2S. The maximum atomic E-state index is 12.2. The molecule has 3 rings (SSSR count). The van der Waals surface area contributed by atoms with Gasteiger partial charge in [-0.25, -0.2) is 0 Å². The van der Waals surface area contributed by atoms with Crippen LogP contribution in [0, 0.1) is 13.8 Å². The Labute approximate surface area is 182 Å². The first-order chi connectivity index (χ1) is 14.5. The van der Waals surface area contributed by atoms with Gasteiger partial charge in [-0.05, 0) is 56.5 Å². The first-order valence-electron chi connectivity index (χ1n) is 10.1. The molecule has 1 unspecified atom stereocenters. The summed E-state index contributed by atoms with van der Waals surface area (Å²) < 4.78 is 8.12. The average Bonchev–Trinajstić information content (AvgIpc) is 3.14. The number of amides is 1. The van der Waals surface area contributed by atoms with E-state index in [0.717, 1.165) is 33.4 Å². The third-order valence-corrected chi connectivity index (χ3v) is 5.56. The normalized spacial score (nSPS) is 11.9. The zero-order chi connectivity index (χ0) is 21.5. The lowest BCUT2D eigenvalue weighted by Gasteiger charge is -2.16. The van der Waals surface area contributed by atoms with E-state index < -0.39 is 0 Å². The number of ether oxygens (including phenoxy) is 1. The van der Waals surface area contributed by atoms with Gasteiger partial charge in [0.25, 0.3) is 0 Å². The summed E-state index contributed by atoms with van der Waals surface area (Å²) in [5.41, 5.74) is 3.39. The smallest absolute Gasteiger partial charge is 0.230 e. The van der Waals surface area contributed by atoms with Gasteiger partial charge < -0.3 is 14.6 Å². The molecule has 0 aliphatic heterocycles. The van der Waals surface area contributed by atoms with Crippen molar-refractivity contribution in [1.29, 1.82) is 0 Å². The molecule has 1 aromatic heterocycles. The van der Waals surface area contributed by atoms with E-state index in [1.165, 1.54) is 11.8 Å². The van der Waals surface area contributed by atoms with E-state index in [4.69, 9.17) is 4.74 Å². The van der Waals surface area contributed by atoms with E-state index in [-0.39, 0.29) is 17.8 Å². The van der Waals surface area contributed by atoms with Gasteiger partial charge >= 0.3 is 0 Å². The van der Waals surface area contributed by atoms with Gasteiger partial charge in [-0.15, -0.1) is 10.2 Å². The summed E-state index contributed by atoms with van der Waals surface area (Å²) in [6.07, 6.45) is -0.250. The molecule has 0 spiro atoms. The molecule has 1 atom stereocenters. The Balaban J connectivity index is 1.59. The van der Waals surface area contributed by atoms with Crippen LogP contribution in [0.1, 0.15) is 42.5 Å². The van der Waals surface area contributed by atoms with Crippen LogP contribution in [0.15, 0.2) is 53.7 Å². The lowest BCUT2D eigenvalue weighted by Crippen LogP contribution is -2.24. The molecule has 0 saturated carbocycles. The summed E-state index contributed by atoms with van der Waals surface area (Å²) >= 11 is 1.39. The van der Waals surface area contributed by atoms with Gasteiger partial charge in [-0.3, -0.25) is 4.79 Å². The summed E-state index contributed by atoms with van der Waals surface area (Å²) in [6.45, 7) is 9.34. The number of rotatable bonds is 9. The Morgan fingerprint density at radius 2 is 1.83 bits per heavy atom. The minimum Gasteiger partial charge on any atom is -0.483 e. The maximum Gasteiger partial charge on any atom is 0.230 e. The molecule has 30 heavy (non-hydrogen) atoms. The zero-order valence-electron chi connectivity index (χ0n) is 17.9. The first-order valence-corrected chi connectivity index (χ1v) is 11.1. The van der Waals surface area contributed by atoms with E-state index in [9.17, 15) is 4.79 Å². The molecule has 0 aliphatic carbocycles. The molecule has 6 nitrogen and oxygen atoms in total. The average molecular weight is 425 g/mol. The summed E-state index contributed by atoms with van der Waals surface area (Å²) in [6, 6.07) is 16.0. The maximum absolute atomic E-state index is 12.2. The van der Waals surface area contributed by atoms with Crippen LogP contribution in [0.5, 0.6) is 5.75 Å². The van der Waals surface area contributed by atoms with Crippen molar-refractivity contribution in [2.75, 3.05) is 5.75 Å². The number of nitrogens with one attached hydrogen (secondary N) is 1. The van der Waals surface area contributed by atoms with Gasteiger partial charge in [0, 0.05) is 13.1 Å². The van der Waals surface area contributed by atoms with Gasteiger partial charge in [-0.2, -0.15) is 0 Å². The second-order valence-corrected chi connectivity index (χ2v) is 8.16. The Hall–Kier alpha value is -2.80. The molecule has 1 heterocycles. The van der Waals surface area contributed by atoms with Crippen molar-refractivity contribution < 1.29 is 9.53 Å². The van der Waals surface area contributed by atoms with Crippen LogP contribution in [0.4, 0.5) is 0 Å². The third kappa shape index (κ3) is 5.86. The summed E-state index contributed by atoms with van der Waals surface area (Å²) in [4.78, 5) is 12.2. The van der Waals surface area contributed by atoms with Crippen LogP contribution < -0.4 is 10.1 Å². The highest BCUT2D eigenvalue weighted by Crippen LogP contribution is 2.26. The van der Waals surface area contributed by atoms with E-state index in [2.05, 4.69) is 35.4 Å². The minimum absolute atomic E-state index is 0.0319. The van der Waals surface area contributed by atoms with Crippen molar-refractivity contribution in [3.63, 3.8) is 0 Å². The Morgan fingerprint density at radius 3 is 2.50 bits per heavy atom. The standard InChI is InChI=1S/C23H28N4O2S/c1-5-27-22(18(4)29-20-12-16(2)11-17(3)13-20)25-26-23(27)30-15-21(28)24-14-19-9-7-6-8-10-19/h6-13,18H,5,14-15H2,1-4H3,(H,24,28). The summed E-state index contributed by atoms with van der Waals surface area (Å²) in [5.74, 6) is 1.83. The predicted molar refractivity (Wildman–Crippen MR) is 120 cm³/mol. The molecule has 0 fully saturated rings. The number of hydrogen-bond acceptors (Lipinski definition) is 5. The highest BCUT2D eigenvalue weighted by atomic mass is 32.2. The van der Waals surface area contributed by atoms with Crippen LogP contribution >= 0.6 is 11.8 Å². The predicted octanol–water partition coefficient (Wildman–Crippen LogP) is 4.46. The zero-order valence-corrected chi connectivity index (χ0v) is 18.7. The van der Waals surface area contributed by atoms with Crippen molar-refractivity contribution in [3.05, 3.63) is 71.0 Å². The van der Waals surface area contributed by atoms with Crippen molar-refractivity contribution in [2.24, 2.45) is 0 Å². The topological polar surface area (TPSA) is 69.0 Å². The van der Waals surface area contributed by atoms with Gasteiger partial charge in [0.05, 0.1) is 5.75 Å². The second kappa shape index (κ2) is 10.3. The fourth-order valence-corrected chi connectivity index (χ4v) is 4.08. The van der Waals surface area contributed by atoms with Gasteiger partial charge in [0.2, 0.25) is 5.91 Å². The molecule has 1 amide bonds. The Bertz CT molecular complexity index is 968. The van der Waals surface area contributed by atoms with Crippen LogP contribution in [0.2, 0.25) is 0 Å². The number of carbonyl (C=O) groups excluding carboxylic acids is 1. The summed E-state index contributed by atoms with van der Waals surface area (Å²) in [7, 11) is 0. The monoisotopic (exact) mass is 424 g/mol. The molecule has 1 N–H and O–H groups in total. The van der Waals surface area contributed by atoms with Gasteiger partial charge in [-0.1, -0.05) is 48.2 Å². The molecule has 0 saturated heterocycles. The van der Waals surface area contributed by atoms with Crippen molar-refractivity contribution in [2.45, 2.75) is 52.0 Å².